The van der Waals surface area contributed by atoms with Crippen LogP contribution in [-0.4, -0.2) is 14.0 Å². The van der Waals surface area contributed by atoms with Gasteiger partial charge in [-0.15, -0.1) is 0 Å². The first-order valence-electron chi connectivity index (χ1n) is 11.8. The molecule has 4 heterocycles. The molecule has 35 heavy (non-hydrogen) atoms. The second kappa shape index (κ2) is 6.84. The van der Waals surface area contributed by atoms with Crippen LogP contribution in [0.3, 0.4) is 0 Å². The van der Waals surface area contributed by atoms with E-state index in [0.29, 0.717) is 0 Å². The van der Waals surface area contributed by atoms with Crippen LogP contribution in [0.4, 0.5) is 17.1 Å². The maximum Gasteiger partial charge on any atom is 0.137 e. The minimum atomic E-state index is 0.955. The molecule has 7 aromatic rings. The van der Waals surface area contributed by atoms with Crippen molar-refractivity contribution in [2.75, 3.05) is 4.90 Å². The Labute approximate surface area is 201 Å². The molecule has 0 radical (unpaired) electrons. The van der Waals surface area contributed by atoms with E-state index < -0.39 is 0 Å². The molecule has 8 rings (SSSR count). The van der Waals surface area contributed by atoms with Crippen molar-refractivity contribution in [1.82, 2.24) is 14.0 Å². The molecule has 0 atom stereocenters. The highest BCUT2D eigenvalue weighted by atomic mass is 15.2. The fourth-order valence-corrected chi connectivity index (χ4v) is 5.54. The summed E-state index contributed by atoms with van der Waals surface area (Å²) in [6, 6.07) is 38.8. The zero-order valence-corrected chi connectivity index (χ0v) is 18.8. The van der Waals surface area contributed by atoms with Gasteiger partial charge in [0.05, 0.1) is 33.8 Å². The predicted octanol–water partition coefficient (Wildman–Crippen LogP) is 7.88. The Bertz CT molecular complexity index is 1870. The Hall–Kier alpha value is -4.83. The van der Waals surface area contributed by atoms with Gasteiger partial charge in [-0.25, -0.2) is 4.98 Å². The maximum absolute atomic E-state index is 4.79. The molecular formula is C31H20N4. The number of benzene rings is 4. The molecule has 0 unspecified atom stereocenters. The zero-order chi connectivity index (χ0) is 22.9. The van der Waals surface area contributed by atoms with Crippen LogP contribution in [0.5, 0.6) is 0 Å². The van der Waals surface area contributed by atoms with Crippen molar-refractivity contribution < 1.29 is 0 Å². The van der Waals surface area contributed by atoms with Crippen LogP contribution < -0.4 is 4.90 Å². The fourth-order valence-electron chi connectivity index (χ4n) is 5.54. The van der Waals surface area contributed by atoms with E-state index in [2.05, 4.69) is 111 Å². The molecule has 0 saturated carbocycles. The van der Waals surface area contributed by atoms with Crippen LogP contribution in [0.1, 0.15) is 0 Å². The van der Waals surface area contributed by atoms with Crippen molar-refractivity contribution in [3.8, 4) is 16.9 Å². The van der Waals surface area contributed by atoms with E-state index in [4.69, 9.17) is 4.98 Å². The van der Waals surface area contributed by atoms with Gasteiger partial charge in [-0.3, -0.25) is 0 Å². The quantitative estimate of drug-likeness (QED) is 0.269. The number of pyridine rings is 1. The molecule has 4 heteroatoms. The fraction of sp³-hybridized carbons (Fsp3) is 0. The van der Waals surface area contributed by atoms with Crippen LogP contribution in [0.15, 0.2) is 122 Å². The summed E-state index contributed by atoms with van der Waals surface area (Å²) in [5, 5.41) is 2.56. The van der Waals surface area contributed by atoms with Gasteiger partial charge in [0.25, 0.3) is 0 Å². The van der Waals surface area contributed by atoms with Crippen molar-refractivity contribution in [2.24, 2.45) is 0 Å². The molecule has 1 aliphatic rings. The number of fused-ring (bicyclic) bond motifs is 6. The van der Waals surface area contributed by atoms with Gasteiger partial charge in [0.15, 0.2) is 0 Å². The lowest BCUT2D eigenvalue weighted by atomic mass is 10.1. The van der Waals surface area contributed by atoms with Gasteiger partial charge in [-0.2, -0.15) is 0 Å². The number of anilines is 3. The Morgan fingerprint density at radius 2 is 1.31 bits per heavy atom. The van der Waals surface area contributed by atoms with E-state index in [1.54, 1.807) is 0 Å². The van der Waals surface area contributed by atoms with E-state index in [1.807, 2.05) is 24.4 Å². The maximum atomic E-state index is 4.79. The van der Waals surface area contributed by atoms with E-state index in [9.17, 15) is 0 Å². The number of rotatable bonds is 2. The molecule has 164 valence electrons. The molecule has 4 aromatic carbocycles. The summed E-state index contributed by atoms with van der Waals surface area (Å²) < 4.78 is 4.47. The van der Waals surface area contributed by atoms with Crippen molar-refractivity contribution in [1.29, 1.82) is 0 Å². The largest absolute Gasteiger partial charge is 0.306 e. The van der Waals surface area contributed by atoms with E-state index in [1.165, 1.54) is 38.9 Å². The van der Waals surface area contributed by atoms with Crippen molar-refractivity contribution in [2.45, 2.75) is 0 Å². The lowest BCUT2D eigenvalue weighted by molar-refractivity contribution is 1.11. The summed E-state index contributed by atoms with van der Waals surface area (Å²) in [6.45, 7) is 0. The predicted molar refractivity (Wildman–Crippen MR) is 143 cm³/mol. The first-order chi connectivity index (χ1) is 17.4. The molecule has 0 saturated heterocycles. The van der Waals surface area contributed by atoms with Gasteiger partial charge in [-0.05, 0) is 48.5 Å². The summed E-state index contributed by atoms with van der Waals surface area (Å²) in [7, 11) is 0. The number of aromatic nitrogens is 3. The van der Waals surface area contributed by atoms with Crippen molar-refractivity contribution in [3.63, 3.8) is 0 Å². The second-order valence-corrected chi connectivity index (χ2v) is 8.99. The van der Waals surface area contributed by atoms with Crippen molar-refractivity contribution >= 4 is 44.5 Å². The number of imidazole rings is 1. The van der Waals surface area contributed by atoms with Gasteiger partial charge in [0.1, 0.15) is 5.65 Å². The minimum absolute atomic E-state index is 0.955. The third-order valence-electron chi connectivity index (χ3n) is 7.06. The molecule has 0 bridgehead atoms. The molecule has 3 aromatic heterocycles. The molecule has 0 fully saturated rings. The summed E-state index contributed by atoms with van der Waals surface area (Å²) in [6.07, 6.45) is 4.12. The first kappa shape index (κ1) is 18.6. The average molecular weight is 449 g/mol. The smallest absolute Gasteiger partial charge is 0.137 e. The highest BCUT2D eigenvalue weighted by molar-refractivity contribution is 6.16. The van der Waals surface area contributed by atoms with Gasteiger partial charge >= 0.3 is 0 Å². The third-order valence-corrected chi connectivity index (χ3v) is 7.06. The van der Waals surface area contributed by atoms with Gasteiger partial charge in [-0.1, -0.05) is 60.7 Å². The van der Waals surface area contributed by atoms with Crippen LogP contribution in [0.2, 0.25) is 0 Å². The Morgan fingerprint density at radius 1 is 0.571 bits per heavy atom. The monoisotopic (exact) mass is 448 g/mol. The molecule has 0 amide bonds. The van der Waals surface area contributed by atoms with Gasteiger partial charge < -0.3 is 13.9 Å². The van der Waals surface area contributed by atoms with E-state index in [-0.39, 0.29) is 0 Å². The standard InChI is InChI=1S/C31H20N4/c1-2-10-26-23(8-1)24-9-7-13-29-31(24)35(26)28-12-4-3-11-27(28)34(29)22-17-15-21(16-18-22)25-20-33-19-6-5-14-30(33)32-25/h1-20H. The molecular weight excluding hydrogens is 428 g/mol. The van der Waals surface area contributed by atoms with Crippen LogP contribution >= 0.6 is 0 Å². The topological polar surface area (TPSA) is 25.5 Å². The second-order valence-electron chi connectivity index (χ2n) is 8.99. The van der Waals surface area contributed by atoms with Crippen LogP contribution in [0, 0.1) is 0 Å². The molecule has 0 N–H and O–H groups in total. The highest BCUT2D eigenvalue weighted by Gasteiger charge is 2.27. The number of hydrogen-bond acceptors (Lipinski definition) is 2. The molecule has 0 aliphatic carbocycles. The lowest BCUT2D eigenvalue weighted by Crippen LogP contribution is -2.17. The molecule has 0 spiro atoms. The number of nitrogens with zero attached hydrogens (tertiary/aromatic N) is 4. The number of hydrogen-bond donors (Lipinski definition) is 0. The first-order valence-corrected chi connectivity index (χ1v) is 11.8. The van der Waals surface area contributed by atoms with Crippen molar-refractivity contribution in [3.05, 3.63) is 122 Å². The Balaban J connectivity index is 1.34. The zero-order valence-electron chi connectivity index (χ0n) is 18.8. The normalized spacial score (nSPS) is 12.5. The van der Waals surface area contributed by atoms with E-state index in [0.717, 1.165) is 22.6 Å². The summed E-state index contributed by atoms with van der Waals surface area (Å²) >= 11 is 0. The number of para-hydroxylation sites is 4. The summed E-state index contributed by atoms with van der Waals surface area (Å²) in [5.41, 5.74) is 10.2. The third kappa shape index (κ3) is 2.53. The molecule has 1 aliphatic heterocycles. The SMILES string of the molecule is c1ccc2c(c1)N(c1ccc(-c3cn4ccccc4n3)cc1)c1cccc3c4ccccc4n-2c13. The Morgan fingerprint density at radius 3 is 2.20 bits per heavy atom. The Kier molecular flexibility index (Phi) is 3.63. The van der Waals surface area contributed by atoms with Gasteiger partial charge in [0.2, 0.25) is 0 Å². The summed E-state index contributed by atoms with van der Waals surface area (Å²) in [5.74, 6) is 0. The molecule has 4 nitrogen and oxygen atoms in total. The van der Waals surface area contributed by atoms with E-state index >= 15 is 0 Å². The van der Waals surface area contributed by atoms with Crippen LogP contribution in [0.25, 0.3) is 44.4 Å². The highest BCUT2D eigenvalue weighted by Crippen LogP contribution is 2.49. The lowest BCUT2D eigenvalue weighted by Gasteiger charge is -2.33. The average Bonchev–Trinajstić information content (AvgIpc) is 3.50. The van der Waals surface area contributed by atoms with Crippen LogP contribution in [-0.2, 0) is 0 Å². The van der Waals surface area contributed by atoms with Gasteiger partial charge in [0, 0.05) is 34.4 Å². The summed E-state index contributed by atoms with van der Waals surface area (Å²) in [4.78, 5) is 7.17. The minimum Gasteiger partial charge on any atom is -0.306 e.